The quantitative estimate of drug-likeness (QED) is 0.903. The second-order valence-corrected chi connectivity index (χ2v) is 5.61. The van der Waals surface area contributed by atoms with Crippen LogP contribution in [0.25, 0.3) is 0 Å². The number of benzene rings is 1. The van der Waals surface area contributed by atoms with E-state index in [1.54, 1.807) is 6.92 Å². The number of nitrogens with zero attached hydrogens (tertiary/aromatic N) is 2. The summed E-state index contributed by atoms with van der Waals surface area (Å²) < 4.78 is 10.7. The SMILES string of the molecule is C[C@H]1O[C@H]2CC(NC(=O)OCc3ccccc3)C(=O)N2[C@@H]1C#N. The van der Waals surface area contributed by atoms with Crippen LogP contribution in [0.5, 0.6) is 0 Å². The van der Waals surface area contributed by atoms with Gasteiger partial charge in [0.05, 0.1) is 12.2 Å². The van der Waals surface area contributed by atoms with E-state index in [2.05, 4.69) is 11.4 Å². The van der Waals surface area contributed by atoms with Gasteiger partial charge in [0, 0.05) is 6.42 Å². The molecule has 2 heterocycles. The lowest BCUT2D eigenvalue weighted by molar-refractivity contribution is -0.131. The summed E-state index contributed by atoms with van der Waals surface area (Å²) in [6.07, 6.45) is -1.11. The summed E-state index contributed by atoms with van der Waals surface area (Å²) in [5.41, 5.74) is 0.864. The van der Waals surface area contributed by atoms with Gasteiger partial charge in [-0.25, -0.2) is 4.79 Å². The third kappa shape index (κ3) is 2.98. The molecule has 0 aromatic heterocycles. The van der Waals surface area contributed by atoms with Crippen molar-refractivity contribution in [2.24, 2.45) is 0 Å². The summed E-state index contributed by atoms with van der Waals surface area (Å²) in [6, 6.07) is 10.0. The van der Waals surface area contributed by atoms with Crippen LogP contribution >= 0.6 is 0 Å². The average molecular weight is 315 g/mol. The molecule has 0 saturated carbocycles. The van der Waals surface area contributed by atoms with Crippen molar-refractivity contribution in [3.8, 4) is 6.07 Å². The first-order chi connectivity index (χ1) is 11.1. The van der Waals surface area contributed by atoms with Crippen LogP contribution in [0.1, 0.15) is 18.9 Å². The van der Waals surface area contributed by atoms with Crippen LogP contribution in [0.3, 0.4) is 0 Å². The first kappa shape index (κ1) is 15.3. The lowest BCUT2D eigenvalue weighted by Crippen LogP contribution is -2.45. The van der Waals surface area contributed by atoms with Gasteiger partial charge in [0.1, 0.15) is 24.9 Å². The van der Waals surface area contributed by atoms with E-state index >= 15 is 0 Å². The van der Waals surface area contributed by atoms with Crippen molar-refractivity contribution in [3.05, 3.63) is 35.9 Å². The monoisotopic (exact) mass is 315 g/mol. The molecular formula is C16H17N3O4. The Balaban J connectivity index is 1.54. The van der Waals surface area contributed by atoms with E-state index in [0.29, 0.717) is 6.42 Å². The van der Waals surface area contributed by atoms with E-state index in [9.17, 15) is 9.59 Å². The van der Waals surface area contributed by atoms with Crippen LogP contribution in [0.15, 0.2) is 30.3 Å². The van der Waals surface area contributed by atoms with E-state index in [1.807, 2.05) is 30.3 Å². The molecule has 1 N–H and O–H groups in total. The molecule has 0 radical (unpaired) electrons. The Kier molecular flexibility index (Phi) is 4.17. The van der Waals surface area contributed by atoms with Gasteiger partial charge in [-0.1, -0.05) is 30.3 Å². The fourth-order valence-corrected chi connectivity index (χ4v) is 2.92. The second kappa shape index (κ2) is 6.26. The van der Waals surface area contributed by atoms with E-state index in [4.69, 9.17) is 14.7 Å². The van der Waals surface area contributed by atoms with Gasteiger partial charge in [-0.3, -0.25) is 9.69 Å². The number of hydrogen-bond donors (Lipinski definition) is 1. The van der Waals surface area contributed by atoms with Crippen molar-refractivity contribution in [2.75, 3.05) is 0 Å². The van der Waals surface area contributed by atoms with E-state index < -0.39 is 24.4 Å². The first-order valence-corrected chi connectivity index (χ1v) is 7.44. The topological polar surface area (TPSA) is 91.7 Å². The van der Waals surface area contributed by atoms with E-state index in [-0.39, 0.29) is 18.6 Å². The maximum absolute atomic E-state index is 12.3. The third-order valence-electron chi connectivity index (χ3n) is 4.05. The predicted molar refractivity (Wildman–Crippen MR) is 78.7 cm³/mol. The molecule has 3 rings (SSSR count). The number of amides is 2. The van der Waals surface area contributed by atoms with Gasteiger partial charge in [-0.15, -0.1) is 0 Å². The highest BCUT2D eigenvalue weighted by Gasteiger charge is 2.51. The standard InChI is InChI=1S/C16H17N3O4/c1-10-13(8-17)19-14(23-10)7-12(15(19)20)18-16(21)22-9-11-5-3-2-4-6-11/h2-6,10,12-14H,7,9H2,1H3,(H,18,21)/t10-,12?,13-,14+/m1/s1. The number of carbonyl (C=O) groups excluding carboxylic acids is 2. The summed E-state index contributed by atoms with van der Waals surface area (Å²) in [7, 11) is 0. The van der Waals surface area contributed by atoms with Crippen LogP contribution in [-0.4, -0.2) is 41.3 Å². The highest BCUT2D eigenvalue weighted by Crippen LogP contribution is 2.32. The molecule has 120 valence electrons. The molecule has 1 aromatic carbocycles. The normalized spacial score (nSPS) is 29.0. The Morgan fingerprint density at radius 1 is 1.48 bits per heavy atom. The molecule has 2 fully saturated rings. The van der Waals surface area contributed by atoms with Crippen LogP contribution < -0.4 is 5.32 Å². The molecule has 23 heavy (non-hydrogen) atoms. The number of hydrogen-bond acceptors (Lipinski definition) is 5. The van der Waals surface area contributed by atoms with Crippen LogP contribution in [0.2, 0.25) is 0 Å². The lowest BCUT2D eigenvalue weighted by atomic mass is 10.2. The molecule has 7 heteroatoms. The highest BCUT2D eigenvalue weighted by molar-refractivity contribution is 5.88. The average Bonchev–Trinajstić information content (AvgIpc) is 3.02. The molecule has 0 aliphatic carbocycles. The second-order valence-electron chi connectivity index (χ2n) is 5.61. The minimum absolute atomic E-state index is 0.134. The Bertz CT molecular complexity index is 642. The third-order valence-corrected chi connectivity index (χ3v) is 4.05. The Hall–Kier alpha value is -2.59. The van der Waals surface area contributed by atoms with Crippen molar-refractivity contribution < 1.29 is 19.1 Å². The number of rotatable bonds is 3. The summed E-state index contributed by atoms with van der Waals surface area (Å²) in [4.78, 5) is 25.6. The summed E-state index contributed by atoms with van der Waals surface area (Å²) in [6.45, 7) is 1.89. The molecule has 1 aromatic rings. The van der Waals surface area contributed by atoms with Gasteiger partial charge >= 0.3 is 6.09 Å². The van der Waals surface area contributed by atoms with Gasteiger partial charge in [0.15, 0.2) is 0 Å². The molecular weight excluding hydrogens is 298 g/mol. The summed E-state index contributed by atoms with van der Waals surface area (Å²) in [5.74, 6) is -0.303. The zero-order chi connectivity index (χ0) is 16.4. The number of nitriles is 1. The van der Waals surface area contributed by atoms with Gasteiger partial charge in [0.25, 0.3) is 0 Å². The van der Waals surface area contributed by atoms with E-state index in [1.165, 1.54) is 4.90 Å². The predicted octanol–water partition coefficient (Wildman–Crippen LogP) is 1.15. The molecule has 0 spiro atoms. The van der Waals surface area contributed by atoms with Crippen LogP contribution in [-0.2, 0) is 20.9 Å². The van der Waals surface area contributed by atoms with Crippen molar-refractivity contribution in [1.82, 2.24) is 10.2 Å². The molecule has 7 nitrogen and oxygen atoms in total. The lowest BCUT2D eigenvalue weighted by Gasteiger charge is -2.18. The molecule has 0 bridgehead atoms. The minimum atomic E-state index is -0.716. The molecule has 1 unspecified atom stereocenters. The van der Waals surface area contributed by atoms with E-state index in [0.717, 1.165) is 5.56 Å². The molecule has 2 saturated heterocycles. The maximum atomic E-state index is 12.3. The zero-order valence-electron chi connectivity index (χ0n) is 12.6. The summed E-state index contributed by atoms with van der Waals surface area (Å²) >= 11 is 0. The van der Waals surface area contributed by atoms with Crippen molar-refractivity contribution >= 4 is 12.0 Å². The van der Waals surface area contributed by atoms with Gasteiger partial charge < -0.3 is 14.8 Å². The number of fused-ring (bicyclic) bond motifs is 1. The Morgan fingerprint density at radius 3 is 2.91 bits per heavy atom. The summed E-state index contributed by atoms with van der Waals surface area (Å²) in [5, 5.41) is 11.7. The number of alkyl carbamates (subject to hydrolysis) is 1. The molecule has 4 atom stereocenters. The molecule has 2 aliphatic rings. The Labute approximate surface area is 133 Å². The van der Waals surface area contributed by atoms with Crippen molar-refractivity contribution in [1.29, 1.82) is 5.26 Å². The van der Waals surface area contributed by atoms with Gasteiger partial charge in [0.2, 0.25) is 5.91 Å². The van der Waals surface area contributed by atoms with Crippen molar-refractivity contribution in [2.45, 2.75) is 44.4 Å². The first-order valence-electron chi connectivity index (χ1n) is 7.44. The Morgan fingerprint density at radius 2 is 2.22 bits per heavy atom. The molecule has 2 aliphatic heterocycles. The number of carbonyl (C=O) groups is 2. The minimum Gasteiger partial charge on any atom is -0.445 e. The van der Waals surface area contributed by atoms with Crippen LogP contribution in [0.4, 0.5) is 4.79 Å². The van der Waals surface area contributed by atoms with Gasteiger partial charge in [-0.05, 0) is 12.5 Å². The fourth-order valence-electron chi connectivity index (χ4n) is 2.92. The highest BCUT2D eigenvalue weighted by atomic mass is 16.5. The largest absolute Gasteiger partial charge is 0.445 e. The fraction of sp³-hybridized carbons (Fsp3) is 0.438. The maximum Gasteiger partial charge on any atom is 0.408 e. The number of nitrogens with one attached hydrogen (secondary N) is 1. The molecule has 2 amide bonds. The van der Waals surface area contributed by atoms with Gasteiger partial charge in [-0.2, -0.15) is 5.26 Å². The number of ether oxygens (including phenoxy) is 2. The van der Waals surface area contributed by atoms with Crippen LogP contribution in [0, 0.1) is 11.3 Å². The smallest absolute Gasteiger partial charge is 0.408 e. The zero-order valence-corrected chi connectivity index (χ0v) is 12.6. The van der Waals surface area contributed by atoms with Crippen molar-refractivity contribution in [3.63, 3.8) is 0 Å².